The zero-order chi connectivity index (χ0) is 27.2. The van der Waals surface area contributed by atoms with Crippen LogP contribution in [0, 0.1) is 0 Å². The molecule has 2 N–H and O–H groups in total. The third-order valence-electron chi connectivity index (χ3n) is 5.34. The lowest BCUT2D eigenvalue weighted by Crippen LogP contribution is -2.14. The van der Waals surface area contributed by atoms with Gasteiger partial charge in [-0.25, -0.2) is 9.97 Å². The highest BCUT2D eigenvalue weighted by molar-refractivity contribution is 8.02. The number of hydrogen-bond acceptors (Lipinski definition) is 10. The summed E-state index contributed by atoms with van der Waals surface area (Å²) >= 11 is 5.81. The van der Waals surface area contributed by atoms with Crippen LogP contribution in [0.4, 0.5) is 11.4 Å². The second kappa shape index (κ2) is 12.7. The smallest absolute Gasteiger partial charge is 0.234 e. The molecule has 3 aromatic carbocycles. The summed E-state index contributed by atoms with van der Waals surface area (Å²) in [4.78, 5) is 34.2. The van der Waals surface area contributed by atoms with E-state index in [1.165, 1.54) is 34.9 Å². The van der Waals surface area contributed by atoms with Crippen LogP contribution in [-0.4, -0.2) is 47.0 Å². The van der Waals surface area contributed by atoms with Crippen molar-refractivity contribution in [2.45, 2.75) is 15.6 Å². The number of methoxy groups -OCH3 is 1. The summed E-state index contributed by atoms with van der Waals surface area (Å²) in [6.45, 7) is 2.56. The summed E-state index contributed by atoms with van der Waals surface area (Å²) in [7, 11) is 1.57. The van der Waals surface area contributed by atoms with Gasteiger partial charge in [-0.2, -0.15) is 0 Å². The zero-order valence-corrected chi connectivity index (χ0v) is 24.3. The number of aromatic nitrogens is 2. The number of hydrogen-bond donors (Lipinski definition) is 2. The maximum absolute atomic E-state index is 12.6. The van der Waals surface area contributed by atoms with Crippen molar-refractivity contribution in [1.82, 2.24) is 9.97 Å². The molecule has 0 aliphatic heterocycles. The van der Waals surface area contributed by atoms with Crippen molar-refractivity contribution >= 4 is 89.8 Å². The summed E-state index contributed by atoms with van der Waals surface area (Å²) in [5.74, 6) is 1.65. The third kappa shape index (κ3) is 7.01. The van der Waals surface area contributed by atoms with Crippen LogP contribution in [0.15, 0.2) is 69.3 Å². The zero-order valence-electron chi connectivity index (χ0n) is 21.1. The number of thioether (sulfide) groups is 2. The van der Waals surface area contributed by atoms with Crippen molar-refractivity contribution < 1.29 is 19.1 Å². The standard InChI is InChI=1S/C27H24N4O4S4/c1-3-35-17-9-11-20-23(13-17)39-27(31-20)36-14-24(32)28-16-8-10-19-22(12-16)38-26(30-19)37-15-25(33)29-18-6-4-5-7-21(18)34-2/h4-13H,3,14-15H2,1-2H3,(H,28,32)(H,29,33). The first kappa shape index (κ1) is 27.3. The summed E-state index contributed by atoms with van der Waals surface area (Å²) in [5, 5.41) is 5.82. The molecule has 200 valence electrons. The Morgan fingerprint density at radius 1 is 0.846 bits per heavy atom. The first-order valence-electron chi connectivity index (χ1n) is 11.9. The van der Waals surface area contributed by atoms with Gasteiger partial charge in [-0.05, 0) is 55.5 Å². The quantitative estimate of drug-likeness (QED) is 0.161. The summed E-state index contributed by atoms with van der Waals surface area (Å²) in [6, 6.07) is 18.7. The van der Waals surface area contributed by atoms with Gasteiger partial charge in [0.1, 0.15) is 11.5 Å². The molecule has 5 rings (SSSR count). The van der Waals surface area contributed by atoms with E-state index in [0.717, 1.165) is 34.9 Å². The predicted octanol–water partition coefficient (Wildman–Crippen LogP) is 6.77. The number of ether oxygens (including phenoxy) is 2. The molecule has 0 spiro atoms. The first-order valence-corrected chi connectivity index (χ1v) is 15.5. The van der Waals surface area contributed by atoms with Gasteiger partial charge in [0.15, 0.2) is 8.68 Å². The molecule has 2 amide bonds. The van der Waals surface area contributed by atoms with E-state index < -0.39 is 0 Å². The van der Waals surface area contributed by atoms with Gasteiger partial charge in [-0.15, -0.1) is 22.7 Å². The molecule has 12 heteroatoms. The molecule has 0 radical (unpaired) electrons. The molecule has 0 bridgehead atoms. The van der Waals surface area contributed by atoms with Crippen LogP contribution in [0.25, 0.3) is 20.4 Å². The fourth-order valence-corrected chi connectivity index (χ4v) is 7.44. The van der Waals surface area contributed by atoms with E-state index in [4.69, 9.17) is 9.47 Å². The number of rotatable bonds is 11. The Bertz CT molecular complexity index is 1630. The maximum atomic E-state index is 12.6. The molecule has 0 atom stereocenters. The number of amides is 2. The number of para-hydroxylation sites is 2. The van der Waals surface area contributed by atoms with E-state index in [0.29, 0.717) is 23.7 Å². The van der Waals surface area contributed by atoms with Crippen LogP contribution in [0.1, 0.15) is 6.92 Å². The van der Waals surface area contributed by atoms with Crippen LogP contribution in [-0.2, 0) is 9.59 Å². The van der Waals surface area contributed by atoms with Crippen LogP contribution >= 0.6 is 46.2 Å². The molecular weight excluding hydrogens is 573 g/mol. The number of anilines is 2. The van der Waals surface area contributed by atoms with E-state index in [1.807, 2.05) is 55.5 Å². The second-order valence-electron chi connectivity index (χ2n) is 8.08. The van der Waals surface area contributed by atoms with E-state index in [-0.39, 0.29) is 23.3 Å². The number of nitrogens with zero attached hydrogens (tertiary/aromatic N) is 2. The van der Waals surface area contributed by atoms with Gasteiger partial charge in [0.25, 0.3) is 0 Å². The van der Waals surface area contributed by atoms with Gasteiger partial charge in [0, 0.05) is 5.69 Å². The Labute approximate surface area is 241 Å². The molecular formula is C27H24N4O4S4. The van der Waals surface area contributed by atoms with Crippen molar-refractivity contribution in [1.29, 1.82) is 0 Å². The average molecular weight is 597 g/mol. The molecule has 2 aromatic heterocycles. The molecule has 39 heavy (non-hydrogen) atoms. The lowest BCUT2D eigenvalue weighted by molar-refractivity contribution is -0.114. The highest BCUT2D eigenvalue weighted by Gasteiger charge is 2.13. The minimum absolute atomic E-state index is 0.110. The fraction of sp³-hybridized carbons (Fsp3) is 0.185. The minimum atomic E-state index is -0.142. The number of carbonyl (C=O) groups is 2. The summed E-state index contributed by atoms with van der Waals surface area (Å²) in [6.07, 6.45) is 0. The number of fused-ring (bicyclic) bond motifs is 2. The van der Waals surface area contributed by atoms with Gasteiger partial charge in [-0.1, -0.05) is 35.7 Å². The van der Waals surface area contributed by atoms with Crippen molar-refractivity contribution in [3.05, 3.63) is 60.7 Å². The number of benzene rings is 3. The van der Waals surface area contributed by atoms with Gasteiger partial charge in [0.05, 0.1) is 51.3 Å². The molecule has 0 saturated heterocycles. The molecule has 0 unspecified atom stereocenters. The van der Waals surface area contributed by atoms with Crippen molar-refractivity contribution in [3.8, 4) is 11.5 Å². The van der Waals surface area contributed by atoms with E-state index in [9.17, 15) is 9.59 Å². The molecule has 0 aliphatic rings. The second-order valence-corrected chi connectivity index (χ2v) is 12.6. The highest BCUT2D eigenvalue weighted by Crippen LogP contribution is 2.33. The third-order valence-corrected chi connectivity index (χ3v) is 9.66. The minimum Gasteiger partial charge on any atom is -0.495 e. The van der Waals surface area contributed by atoms with E-state index in [2.05, 4.69) is 20.6 Å². The average Bonchev–Trinajstić information content (AvgIpc) is 3.54. The maximum Gasteiger partial charge on any atom is 0.234 e. The Balaban J connectivity index is 1.14. The van der Waals surface area contributed by atoms with Gasteiger partial charge < -0.3 is 20.1 Å². The van der Waals surface area contributed by atoms with Crippen molar-refractivity contribution in [3.63, 3.8) is 0 Å². The number of nitrogens with one attached hydrogen (secondary N) is 2. The van der Waals surface area contributed by atoms with Crippen molar-refractivity contribution in [2.24, 2.45) is 0 Å². The number of thiazole rings is 2. The Hall–Kier alpha value is -3.32. The first-order chi connectivity index (χ1) is 19.0. The van der Waals surface area contributed by atoms with Crippen LogP contribution in [0.3, 0.4) is 0 Å². The lowest BCUT2D eigenvalue weighted by Gasteiger charge is -2.09. The predicted molar refractivity (Wildman–Crippen MR) is 162 cm³/mol. The molecule has 8 nitrogen and oxygen atoms in total. The summed E-state index contributed by atoms with van der Waals surface area (Å²) < 4.78 is 14.4. The Kier molecular flexibility index (Phi) is 8.87. The molecule has 2 heterocycles. The SMILES string of the molecule is CCOc1ccc2nc(SCC(=O)Nc3ccc4nc(SCC(=O)Nc5ccccc5OC)sc4c3)sc2c1. The number of carbonyl (C=O) groups excluding carboxylic acids is 2. The monoisotopic (exact) mass is 596 g/mol. The largest absolute Gasteiger partial charge is 0.495 e. The van der Waals surface area contributed by atoms with Gasteiger partial charge >= 0.3 is 0 Å². The molecule has 0 aliphatic carbocycles. The van der Waals surface area contributed by atoms with Crippen LogP contribution < -0.4 is 20.1 Å². The molecule has 0 fully saturated rings. The van der Waals surface area contributed by atoms with E-state index >= 15 is 0 Å². The topological polar surface area (TPSA) is 102 Å². The normalized spacial score (nSPS) is 11.0. The Morgan fingerprint density at radius 2 is 1.49 bits per heavy atom. The van der Waals surface area contributed by atoms with Crippen LogP contribution in [0.5, 0.6) is 11.5 Å². The van der Waals surface area contributed by atoms with Gasteiger partial charge in [0.2, 0.25) is 11.8 Å². The Morgan fingerprint density at radius 3 is 2.18 bits per heavy atom. The highest BCUT2D eigenvalue weighted by atomic mass is 32.2. The molecule has 5 aromatic rings. The van der Waals surface area contributed by atoms with Crippen LogP contribution in [0.2, 0.25) is 0 Å². The summed E-state index contributed by atoms with van der Waals surface area (Å²) in [5.41, 5.74) is 3.05. The molecule has 0 saturated carbocycles. The van der Waals surface area contributed by atoms with E-state index in [1.54, 1.807) is 30.6 Å². The van der Waals surface area contributed by atoms with Gasteiger partial charge in [-0.3, -0.25) is 9.59 Å². The van der Waals surface area contributed by atoms with Crippen molar-refractivity contribution in [2.75, 3.05) is 35.9 Å². The fourth-order valence-electron chi connectivity index (χ4n) is 3.63. The lowest BCUT2D eigenvalue weighted by atomic mass is 10.3.